The van der Waals surface area contributed by atoms with Gasteiger partial charge in [-0.3, -0.25) is 9.59 Å². The molecule has 7 nitrogen and oxygen atoms in total. The molecule has 2 heterocycles. The molecular weight excluding hydrogens is 462 g/mol. The Hall–Kier alpha value is -3.32. The van der Waals surface area contributed by atoms with Gasteiger partial charge in [0.25, 0.3) is 5.91 Å². The molecule has 1 aromatic heterocycles. The number of aromatic nitrogens is 2. The van der Waals surface area contributed by atoms with E-state index in [-0.39, 0.29) is 18.2 Å². The fourth-order valence-electron chi connectivity index (χ4n) is 4.59. The first kappa shape index (κ1) is 23.4. The lowest BCUT2D eigenvalue weighted by Crippen LogP contribution is -2.49. The normalized spacial score (nSPS) is 15.8. The quantitative estimate of drug-likeness (QED) is 0.538. The van der Waals surface area contributed by atoms with Crippen molar-refractivity contribution in [3.05, 3.63) is 76.6 Å². The minimum absolute atomic E-state index is 0.0745. The van der Waals surface area contributed by atoms with Crippen LogP contribution in [0.3, 0.4) is 0 Å². The standard InChI is InChI=1S/C27H30ClN5O2/c1-19-7-10-22(17-24(19)28)33-26(20-8-9-20)23(18-30-33)27(35)29-12-11-25(34)32-15-13-31(14-16-32)21-5-3-2-4-6-21/h2-7,10,17-18,20H,8-9,11-16H2,1H3,(H,29,35). The first-order valence-corrected chi connectivity index (χ1v) is 12.6. The number of nitrogens with one attached hydrogen (secondary N) is 1. The van der Waals surface area contributed by atoms with E-state index >= 15 is 0 Å². The first-order chi connectivity index (χ1) is 17.0. The third-order valence-electron chi connectivity index (χ3n) is 6.79. The van der Waals surface area contributed by atoms with E-state index in [1.165, 1.54) is 5.69 Å². The van der Waals surface area contributed by atoms with Gasteiger partial charge in [-0.1, -0.05) is 35.9 Å². The van der Waals surface area contributed by atoms with Crippen LogP contribution in [0.25, 0.3) is 5.69 Å². The highest BCUT2D eigenvalue weighted by Crippen LogP contribution is 2.42. The molecule has 0 spiro atoms. The van der Waals surface area contributed by atoms with Gasteiger partial charge in [0, 0.05) is 55.8 Å². The van der Waals surface area contributed by atoms with Crippen molar-refractivity contribution >= 4 is 29.1 Å². The average molecular weight is 492 g/mol. The fraction of sp³-hybridized carbons (Fsp3) is 0.370. The van der Waals surface area contributed by atoms with Crippen LogP contribution in [0, 0.1) is 6.92 Å². The number of carbonyl (C=O) groups excluding carboxylic acids is 2. The van der Waals surface area contributed by atoms with Crippen molar-refractivity contribution in [2.45, 2.75) is 32.1 Å². The van der Waals surface area contributed by atoms with Gasteiger partial charge in [0.05, 0.1) is 23.1 Å². The number of halogens is 1. The number of hydrogen-bond donors (Lipinski definition) is 1. The number of rotatable bonds is 7. The van der Waals surface area contributed by atoms with Crippen molar-refractivity contribution < 1.29 is 9.59 Å². The molecule has 182 valence electrons. The number of para-hydroxylation sites is 1. The van der Waals surface area contributed by atoms with Gasteiger partial charge in [0.15, 0.2) is 0 Å². The Morgan fingerprint density at radius 1 is 1.03 bits per heavy atom. The van der Waals surface area contributed by atoms with Gasteiger partial charge >= 0.3 is 0 Å². The van der Waals surface area contributed by atoms with E-state index in [1.54, 1.807) is 6.20 Å². The van der Waals surface area contributed by atoms with Crippen LogP contribution in [0.15, 0.2) is 54.7 Å². The van der Waals surface area contributed by atoms with Crippen molar-refractivity contribution in [2.75, 3.05) is 37.6 Å². The summed E-state index contributed by atoms with van der Waals surface area (Å²) in [5, 5.41) is 8.12. The summed E-state index contributed by atoms with van der Waals surface area (Å²) < 4.78 is 1.83. The molecule has 1 saturated carbocycles. The van der Waals surface area contributed by atoms with E-state index in [4.69, 9.17) is 11.6 Å². The number of nitrogens with zero attached hydrogens (tertiary/aromatic N) is 4. The summed E-state index contributed by atoms with van der Waals surface area (Å²) in [6.07, 6.45) is 4.00. The third kappa shape index (κ3) is 5.20. The molecule has 0 atom stereocenters. The zero-order chi connectivity index (χ0) is 24.4. The third-order valence-corrected chi connectivity index (χ3v) is 7.20. The lowest BCUT2D eigenvalue weighted by Gasteiger charge is -2.36. The molecule has 0 unspecified atom stereocenters. The Labute approximate surface area is 210 Å². The predicted molar refractivity (Wildman–Crippen MR) is 137 cm³/mol. The number of benzene rings is 2. The van der Waals surface area contributed by atoms with Crippen LogP contribution in [-0.2, 0) is 4.79 Å². The van der Waals surface area contributed by atoms with Crippen molar-refractivity contribution in [1.82, 2.24) is 20.0 Å². The Morgan fingerprint density at radius 2 is 1.77 bits per heavy atom. The molecule has 35 heavy (non-hydrogen) atoms. The van der Waals surface area contributed by atoms with E-state index < -0.39 is 0 Å². The van der Waals surface area contributed by atoms with Crippen molar-refractivity contribution in [1.29, 1.82) is 0 Å². The van der Waals surface area contributed by atoms with Gasteiger partial charge in [-0.05, 0) is 49.6 Å². The molecule has 2 amide bonds. The van der Waals surface area contributed by atoms with Crippen molar-refractivity contribution in [3.63, 3.8) is 0 Å². The molecule has 2 fully saturated rings. The van der Waals surface area contributed by atoms with Crippen LogP contribution in [0.4, 0.5) is 5.69 Å². The molecular formula is C27H30ClN5O2. The molecule has 2 aromatic carbocycles. The summed E-state index contributed by atoms with van der Waals surface area (Å²) in [4.78, 5) is 29.9. The van der Waals surface area contributed by atoms with E-state index in [0.717, 1.165) is 42.9 Å². The second-order valence-electron chi connectivity index (χ2n) is 9.27. The van der Waals surface area contributed by atoms with Gasteiger partial charge in [0.2, 0.25) is 5.91 Å². The Morgan fingerprint density at radius 3 is 2.46 bits per heavy atom. The largest absolute Gasteiger partial charge is 0.368 e. The van der Waals surface area contributed by atoms with E-state index in [9.17, 15) is 9.59 Å². The van der Waals surface area contributed by atoms with E-state index in [0.29, 0.717) is 36.1 Å². The summed E-state index contributed by atoms with van der Waals surface area (Å²) in [6.45, 7) is 5.28. The molecule has 1 aliphatic carbocycles. The number of aryl methyl sites for hydroxylation is 1. The maximum absolute atomic E-state index is 13.0. The lowest BCUT2D eigenvalue weighted by atomic mass is 10.1. The summed E-state index contributed by atoms with van der Waals surface area (Å²) in [5.41, 5.74) is 4.54. The predicted octanol–water partition coefficient (Wildman–Crippen LogP) is 4.18. The summed E-state index contributed by atoms with van der Waals surface area (Å²) in [6, 6.07) is 16.1. The van der Waals surface area contributed by atoms with Crippen LogP contribution < -0.4 is 10.2 Å². The maximum Gasteiger partial charge on any atom is 0.254 e. The Balaban J connectivity index is 1.16. The maximum atomic E-state index is 13.0. The van der Waals surface area contributed by atoms with Gasteiger partial charge in [-0.2, -0.15) is 5.10 Å². The first-order valence-electron chi connectivity index (χ1n) is 12.2. The molecule has 1 N–H and O–H groups in total. The number of anilines is 1. The van der Waals surface area contributed by atoms with Crippen LogP contribution in [0.1, 0.15) is 46.8 Å². The molecule has 1 aliphatic heterocycles. The Kier molecular flexibility index (Phi) is 6.77. The lowest BCUT2D eigenvalue weighted by molar-refractivity contribution is -0.131. The number of piperazine rings is 1. The van der Waals surface area contributed by atoms with Gasteiger partial charge < -0.3 is 15.1 Å². The van der Waals surface area contributed by atoms with Crippen LogP contribution >= 0.6 is 11.6 Å². The fourth-order valence-corrected chi connectivity index (χ4v) is 4.77. The molecule has 5 rings (SSSR count). The van der Waals surface area contributed by atoms with Gasteiger partial charge in [-0.25, -0.2) is 4.68 Å². The highest BCUT2D eigenvalue weighted by Gasteiger charge is 2.33. The highest BCUT2D eigenvalue weighted by molar-refractivity contribution is 6.31. The topological polar surface area (TPSA) is 70.5 Å². The monoisotopic (exact) mass is 491 g/mol. The number of hydrogen-bond acceptors (Lipinski definition) is 4. The van der Waals surface area contributed by atoms with E-state index in [1.807, 2.05) is 52.9 Å². The molecule has 3 aromatic rings. The summed E-state index contributed by atoms with van der Waals surface area (Å²) in [7, 11) is 0. The SMILES string of the molecule is Cc1ccc(-n2ncc(C(=O)NCCC(=O)N3CCN(c4ccccc4)CC3)c2C2CC2)cc1Cl. The molecule has 1 saturated heterocycles. The minimum Gasteiger partial charge on any atom is -0.368 e. The highest BCUT2D eigenvalue weighted by atomic mass is 35.5. The minimum atomic E-state index is -0.182. The van der Waals surface area contributed by atoms with E-state index in [2.05, 4.69) is 27.4 Å². The zero-order valence-corrected chi connectivity index (χ0v) is 20.7. The molecule has 2 aliphatic rings. The molecule has 8 heteroatoms. The van der Waals surface area contributed by atoms with Crippen LogP contribution in [0.2, 0.25) is 5.02 Å². The number of carbonyl (C=O) groups is 2. The zero-order valence-electron chi connectivity index (χ0n) is 19.9. The second-order valence-corrected chi connectivity index (χ2v) is 9.68. The summed E-state index contributed by atoms with van der Waals surface area (Å²) in [5.74, 6) is 0.212. The van der Waals surface area contributed by atoms with Gasteiger partial charge in [-0.15, -0.1) is 0 Å². The Bertz CT molecular complexity index is 1210. The smallest absolute Gasteiger partial charge is 0.254 e. The molecule has 0 radical (unpaired) electrons. The van der Waals surface area contributed by atoms with Crippen LogP contribution in [0.5, 0.6) is 0 Å². The van der Waals surface area contributed by atoms with Crippen LogP contribution in [-0.4, -0.2) is 59.2 Å². The second kappa shape index (κ2) is 10.1. The average Bonchev–Trinajstić information content (AvgIpc) is 3.63. The van der Waals surface area contributed by atoms with Crippen molar-refractivity contribution in [3.8, 4) is 5.69 Å². The van der Waals surface area contributed by atoms with Crippen molar-refractivity contribution in [2.24, 2.45) is 0 Å². The van der Waals surface area contributed by atoms with Gasteiger partial charge in [0.1, 0.15) is 0 Å². The molecule has 0 bridgehead atoms. The summed E-state index contributed by atoms with van der Waals surface area (Å²) >= 11 is 6.32. The number of amides is 2.